The second-order valence-corrected chi connectivity index (χ2v) is 11.4. The van der Waals surface area contributed by atoms with E-state index in [-0.39, 0.29) is 0 Å². The highest BCUT2D eigenvalue weighted by Crippen LogP contribution is 2.38. The van der Waals surface area contributed by atoms with Crippen molar-refractivity contribution >= 4 is 43.6 Å². The summed E-state index contributed by atoms with van der Waals surface area (Å²) >= 11 is 0. The fourth-order valence-corrected chi connectivity index (χ4v) is 6.87. The summed E-state index contributed by atoms with van der Waals surface area (Å²) in [6.45, 7) is 0. The summed E-state index contributed by atoms with van der Waals surface area (Å²) in [5, 5.41) is 5.06. The van der Waals surface area contributed by atoms with Gasteiger partial charge in [-0.3, -0.25) is 0 Å². The maximum absolute atomic E-state index is 2.41. The minimum absolute atomic E-state index is 1.15. The standard InChI is InChI=1S/C42H28N2/c1-3-11-29(12-4-1)31-19-25-41-37(27-31)38-28-32(30-13-5-2-6-14-30)20-26-42(38)44(41)34-23-21-33(22-24-34)43-39-17-9-7-15-35(39)36-16-8-10-18-40(36)43/h1-28H. The molecule has 0 amide bonds. The van der Waals surface area contributed by atoms with Gasteiger partial charge in [-0.05, 0) is 82.9 Å². The number of para-hydroxylation sites is 2. The molecule has 0 saturated carbocycles. The zero-order valence-corrected chi connectivity index (χ0v) is 24.1. The van der Waals surface area contributed by atoms with Crippen LogP contribution in [-0.4, -0.2) is 9.13 Å². The maximum Gasteiger partial charge on any atom is 0.0541 e. The van der Waals surface area contributed by atoms with Crippen LogP contribution in [0.15, 0.2) is 170 Å². The fraction of sp³-hybridized carbons (Fsp3) is 0. The van der Waals surface area contributed by atoms with E-state index in [9.17, 15) is 0 Å². The molecule has 0 bridgehead atoms. The minimum atomic E-state index is 1.15. The Morgan fingerprint density at radius 2 is 0.614 bits per heavy atom. The zero-order chi connectivity index (χ0) is 29.0. The molecular formula is C42H28N2. The minimum Gasteiger partial charge on any atom is -0.309 e. The van der Waals surface area contributed by atoms with Crippen LogP contribution >= 0.6 is 0 Å². The molecular weight excluding hydrogens is 532 g/mol. The van der Waals surface area contributed by atoms with Gasteiger partial charge in [-0.25, -0.2) is 0 Å². The lowest BCUT2D eigenvalue weighted by Crippen LogP contribution is -1.97. The van der Waals surface area contributed by atoms with E-state index in [1.54, 1.807) is 0 Å². The van der Waals surface area contributed by atoms with Gasteiger partial charge < -0.3 is 9.13 Å². The highest BCUT2D eigenvalue weighted by atomic mass is 15.0. The highest BCUT2D eigenvalue weighted by molar-refractivity contribution is 6.12. The molecule has 206 valence electrons. The van der Waals surface area contributed by atoms with Crippen molar-refractivity contribution in [1.29, 1.82) is 0 Å². The Morgan fingerprint density at radius 1 is 0.250 bits per heavy atom. The van der Waals surface area contributed by atoms with Crippen LogP contribution in [0, 0.1) is 0 Å². The van der Waals surface area contributed by atoms with Crippen LogP contribution in [-0.2, 0) is 0 Å². The first kappa shape index (κ1) is 24.7. The van der Waals surface area contributed by atoms with Gasteiger partial charge in [0, 0.05) is 32.9 Å². The number of fused-ring (bicyclic) bond motifs is 6. The Kier molecular flexibility index (Phi) is 5.54. The topological polar surface area (TPSA) is 9.86 Å². The van der Waals surface area contributed by atoms with Gasteiger partial charge in [0.05, 0.1) is 22.1 Å². The lowest BCUT2D eigenvalue weighted by molar-refractivity contribution is 1.14. The number of benzene rings is 7. The molecule has 0 radical (unpaired) electrons. The number of nitrogens with zero attached hydrogens (tertiary/aromatic N) is 2. The monoisotopic (exact) mass is 560 g/mol. The van der Waals surface area contributed by atoms with Gasteiger partial charge in [0.15, 0.2) is 0 Å². The Labute approximate surface area is 255 Å². The zero-order valence-electron chi connectivity index (χ0n) is 24.1. The second kappa shape index (κ2) is 9.86. The van der Waals surface area contributed by atoms with E-state index in [4.69, 9.17) is 0 Å². The first-order valence-electron chi connectivity index (χ1n) is 15.1. The van der Waals surface area contributed by atoms with E-state index in [0.717, 1.165) is 11.4 Å². The van der Waals surface area contributed by atoms with E-state index in [2.05, 4.69) is 179 Å². The lowest BCUT2D eigenvalue weighted by atomic mass is 10.0. The van der Waals surface area contributed by atoms with Crippen LogP contribution < -0.4 is 0 Å². The summed E-state index contributed by atoms with van der Waals surface area (Å²) in [4.78, 5) is 0. The molecule has 0 atom stereocenters. The van der Waals surface area contributed by atoms with Crippen molar-refractivity contribution in [2.45, 2.75) is 0 Å². The van der Waals surface area contributed by atoms with Crippen molar-refractivity contribution in [3.8, 4) is 33.6 Å². The van der Waals surface area contributed by atoms with Gasteiger partial charge in [0.1, 0.15) is 0 Å². The van der Waals surface area contributed by atoms with Crippen LogP contribution in [0.5, 0.6) is 0 Å². The fourth-order valence-electron chi connectivity index (χ4n) is 6.87. The molecule has 0 spiro atoms. The Hall–Kier alpha value is -5.86. The molecule has 2 heteroatoms. The second-order valence-electron chi connectivity index (χ2n) is 11.4. The molecule has 9 rings (SSSR count). The SMILES string of the molecule is c1ccc(-c2ccc3c(c2)c2cc(-c4ccccc4)ccc2n3-c2ccc(-n3c4ccccc4c4ccccc43)cc2)cc1. The van der Waals surface area contributed by atoms with Crippen molar-refractivity contribution in [1.82, 2.24) is 9.13 Å². The Morgan fingerprint density at radius 3 is 1.05 bits per heavy atom. The van der Waals surface area contributed by atoms with Crippen molar-refractivity contribution in [2.75, 3.05) is 0 Å². The third-order valence-corrected chi connectivity index (χ3v) is 8.93. The van der Waals surface area contributed by atoms with Crippen LogP contribution in [0.2, 0.25) is 0 Å². The number of hydrogen-bond donors (Lipinski definition) is 0. The van der Waals surface area contributed by atoms with E-state index in [0.29, 0.717) is 0 Å². The molecule has 2 aromatic heterocycles. The van der Waals surface area contributed by atoms with Crippen molar-refractivity contribution in [3.05, 3.63) is 170 Å². The summed E-state index contributed by atoms with van der Waals surface area (Å²) < 4.78 is 4.78. The van der Waals surface area contributed by atoms with Gasteiger partial charge in [-0.2, -0.15) is 0 Å². The molecule has 0 fully saturated rings. The van der Waals surface area contributed by atoms with E-state index < -0.39 is 0 Å². The summed E-state index contributed by atoms with van der Waals surface area (Å²) in [5.41, 5.74) is 12.1. The van der Waals surface area contributed by atoms with E-state index in [1.165, 1.54) is 65.9 Å². The molecule has 2 heterocycles. The normalized spacial score (nSPS) is 11.6. The van der Waals surface area contributed by atoms with E-state index in [1.807, 2.05) is 0 Å². The average Bonchev–Trinajstić information content (AvgIpc) is 3.61. The summed E-state index contributed by atoms with van der Waals surface area (Å²) in [6.07, 6.45) is 0. The number of hydrogen-bond acceptors (Lipinski definition) is 0. The molecule has 2 nitrogen and oxygen atoms in total. The summed E-state index contributed by atoms with van der Waals surface area (Å²) in [6, 6.07) is 61.4. The van der Waals surface area contributed by atoms with Gasteiger partial charge in [-0.15, -0.1) is 0 Å². The predicted molar refractivity (Wildman–Crippen MR) is 186 cm³/mol. The lowest BCUT2D eigenvalue weighted by Gasteiger charge is -2.12. The first-order valence-corrected chi connectivity index (χ1v) is 15.1. The molecule has 0 saturated heterocycles. The highest BCUT2D eigenvalue weighted by Gasteiger charge is 2.16. The maximum atomic E-state index is 2.41. The molecule has 7 aromatic carbocycles. The first-order chi connectivity index (χ1) is 21.8. The molecule has 0 aliphatic carbocycles. The summed E-state index contributed by atoms with van der Waals surface area (Å²) in [7, 11) is 0. The van der Waals surface area contributed by atoms with Crippen molar-refractivity contribution in [2.24, 2.45) is 0 Å². The largest absolute Gasteiger partial charge is 0.309 e. The smallest absolute Gasteiger partial charge is 0.0541 e. The van der Waals surface area contributed by atoms with Crippen LogP contribution in [0.4, 0.5) is 0 Å². The van der Waals surface area contributed by atoms with Crippen molar-refractivity contribution < 1.29 is 0 Å². The molecule has 44 heavy (non-hydrogen) atoms. The van der Waals surface area contributed by atoms with Gasteiger partial charge in [-0.1, -0.05) is 109 Å². The van der Waals surface area contributed by atoms with Gasteiger partial charge >= 0.3 is 0 Å². The molecule has 0 unspecified atom stereocenters. The molecule has 9 aromatic rings. The van der Waals surface area contributed by atoms with Gasteiger partial charge in [0.25, 0.3) is 0 Å². The molecule has 0 aliphatic heterocycles. The number of aromatic nitrogens is 2. The van der Waals surface area contributed by atoms with Crippen LogP contribution in [0.3, 0.4) is 0 Å². The molecule has 0 aliphatic rings. The van der Waals surface area contributed by atoms with Crippen LogP contribution in [0.1, 0.15) is 0 Å². The number of rotatable bonds is 4. The third-order valence-electron chi connectivity index (χ3n) is 8.93. The Bertz CT molecular complexity index is 2310. The predicted octanol–water partition coefficient (Wildman–Crippen LogP) is 11.2. The quantitative estimate of drug-likeness (QED) is 0.203. The van der Waals surface area contributed by atoms with Crippen LogP contribution in [0.25, 0.3) is 77.2 Å². The summed E-state index contributed by atoms with van der Waals surface area (Å²) in [5.74, 6) is 0. The average molecular weight is 561 g/mol. The van der Waals surface area contributed by atoms with E-state index >= 15 is 0 Å². The Balaban J connectivity index is 1.25. The van der Waals surface area contributed by atoms with Gasteiger partial charge in [0.2, 0.25) is 0 Å². The van der Waals surface area contributed by atoms with Crippen molar-refractivity contribution in [3.63, 3.8) is 0 Å². The molecule has 0 N–H and O–H groups in total. The third kappa shape index (κ3) is 3.82.